The van der Waals surface area contributed by atoms with Gasteiger partial charge in [-0.15, -0.1) is 0 Å². The van der Waals surface area contributed by atoms with Crippen LogP contribution in [0.15, 0.2) is 61.0 Å². The molecule has 0 saturated carbocycles. The summed E-state index contributed by atoms with van der Waals surface area (Å²) >= 11 is 0. The first-order valence-electron chi connectivity index (χ1n) is 11.0. The minimum Gasteiger partial charge on any atom is -0.507 e. The molecule has 35 heavy (non-hydrogen) atoms. The Morgan fingerprint density at radius 3 is 2.37 bits per heavy atom. The normalized spacial score (nSPS) is 17.0. The standard InChI is InChI=1S/C25H26N4O6/c1-33-18-13-17(14-19(34-2)24(18)35-3)21-20(22(30)16-5-7-26-8-6-16)23(31)25(32)29(21)11-4-10-28-12-9-27-15-28/h5-9,12-15,21H,4,10-11H2,1-3H3,(H,30,31)/p+1. The second-order valence-electron chi connectivity index (χ2n) is 7.89. The van der Waals surface area contributed by atoms with Gasteiger partial charge < -0.3 is 24.2 Å². The number of pyridine rings is 1. The quantitative estimate of drug-likeness (QED) is 0.209. The van der Waals surface area contributed by atoms with E-state index in [2.05, 4.69) is 9.97 Å². The summed E-state index contributed by atoms with van der Waals surface area (Å²) < 4.78 is 18.4. The summed E-state index contributed by atoms with van der Waals surface area (Å²) in [7, 11) is 4.47. The average Bonchev–Trinajstić information content (AvgIpc) is 3.50. The number of aromatic nitrogens is 3. The molecule has 1 fully saturated rings. The molecule has 2 N–H and O–H groups in total. The molecule has 4 rings (SSSR count). The third-order valence-electron chi connectivity index (χ3n) is 5.91. The van der Waals surface area contributed by atoms with E-state index in [0.29, 0.717) is 41.3 Å². The lowest BCUT2D eigenvalue weighted by Crippen LogP contribution is -2.36. The van der Waals surface area contributed by atoms with Crippen LogP contribution in [-0.4, -0.2) is 59.5 Å². The van der Waals surface area contributed by atoms with Crippen molar-refractivity contribution in [3.8, 4) is 17.2 Å². The van der Waals surface area contributed by atoms with Crippen molar-refractivity contribution in [2.75, 3.05) is 27.9 Å². The summed E-state index contributed by atoms with van der Waals surface area (Å²) in [5, 5.41) is 11.1. The third kappa shape index (κ3) is 4.54. The second-order valence-corrected chi connectivity index (χ2v) is 7.89. The van der Waals surface area contributed by atoms with Crippen LogP contribution in [0.25, 0.3) is 5.76 Å². The molecule has 1 aliphatic heterocycles. The number of ketones is 1. The van der Waals surface area contributed by atoms with Crippen LogP contribution in [0.5, 0.6) is 17.2 Å². The zero-order valence-electron chi connectivity index (χ0n) is 19.7. The molecule has 1 unspecified atom stereocenters. The monoisotopic (exact) mass is 479 g/mol. The lowest BCUT2D eigenvalue weighted by molar-refractivity contribution is -0.695. The van der Waals surface area contributed by atoms with Crippen molar-refractivity contribution >= 4 is 17.4 Å². The molecule has 0 aliphatic carbocycles. The van der Waals surface area contributed by atoms with Gasteiger partial charge in [0, 0.05) is 30.9 Å². The van der Waals surface area contributed by atoms with Crippen LogP contribution < -0.4 is 18.8 Å². The first-order chi connectivity index (χ1) is 17.0. The number of nitrogens with one attached hydrogen (secondary N) is 1. The van der Waals surface area contributed by atoms with E-state index in [1.165, 1.54) is 38.6 Å². The SMILES string of the molecule is COc1cc(C2C(=C(O)c3ccncc3)C(=O)C(=O)N2CCC[n+]2cc[nH]c2)cc(OC)c1OC. The molecule has 0 bridgehead atoms. The number of carbonyl (C=O) groups excluding carboxylic acids is 2. The van der Waals surface area contributed by atoms with Gasteiger partial charge in [0.05, 0.1) is 39.5 Å². The maximum atomic E-state index is 13.2. The van der Waals surface area contributed by atoms with Gasteiger partial charge in [0.1, 0.15) is 18.2 Å². The predicted molar refractivity (Wildman–Crippen MR) is 125 cm³/mol. The maximum Gasteiger partial charge on any atom is 0.295 e. The second kappa shape index (κ2) is 10.3. The number of aryl methyl sites for hydroxylation is 1. The lowest BCUT2D eigenvalue weighted by Gasteiger charge is -2.26. The van der Waals surface area contributed by atoms with E-state index in [1.54, 1.807) is 30.5 Å². The molecule has 10 nitrogen and oxygen atoms in total. The topological polar surface area (TPSA) is 118 Å². The fourth-order valence-corrected chi connectivity index (χ4v) is 4.27. The summed E-state index contributed by atoms with van der Waals surface area (Å²) in [4.78, 5) is 34.8. The van der Waals surface area contributed by atoms with Crippen LogP contribution in [-0.2, 0) is 16.1 Å². The van der Waals surface area contributed by atoms with Crippen molar-refractivity contribution in [2.24, 2.45) is 0 Å². The zero-order chi connectivity index (χ0) is 24.9. The molecule has 1 amide bonds. The average molecular weight is 480 g/mol. The fourth-order valence-electron chi connectivity index (χ4n) is 4.27. The molecule has 10 heteroatoms. The van der Waals surface area contributed by atoms with E-state index in [0.717, 1.165) is 0 Å². The van der Waals surface area contributed by atoms with Crippen LogP contribution in [0.4, 0.5) is 0 Å². The highest BCUT2D eigenvalue weighted by Crippen LogP contribution is 2.45. The van der Waals surface area contributed by atoms with E-state index >= 15 is 0 Å². The molecule has 0 radical (unpaired) electrons. The number of aliphatic hydroxyl groups is 1. The number of imidazole rings is 1. The molecule has 1 aliphatic rings. The van der Waals surface area contributed by atoms with Gasteiger partial charge in [-0.2, -0.15) is 0 Å². The van der Waals surface area contributed by atoms with Crippen LogP contribution in [0.2, 0.25) is 0 Å². The van der Waals surface area contributed by atoms with E-state index in [9.17, 15) is 14.7 Å². The largest absolute Gasteiger partial charge is 0.507 e. The van der Waals surface area contributed by atoms with Crippen molar-refractivity contribution in [1.82, 2.24) is 14.9 Å². The number of H-pyrrole nitrogens is 1. The zero-order valence-corrected chi connectivity index (χ0v) is 19.7. The molecule has 0 spiro atoms. The predicted octanol–water partition coefficient (Wildman–Crippen LogP) is 2.23. The number of carbonyl (C=O) groups is 2. The van der Waals surface area contributed by atoms with Crippen LogP contribution >= 0.6 is 0 Å². The van der Waals surface area contributed by atoms with Gasteiger partial charge in [-0.1, -0.05) is 0 Å². The molecule has 1 aromatic carbocycles. The van der Waals surface area contributed by atoms with Gasteiger partial charge in [-0.25, -0.2) is 4.57 Å². The van der Waals surface area contributed by atoms with Crippen LogP contribution in [0.1, 0.15) is 23.6 Å². The van der Waals surface area contributed by atoms with Gasteiger partial charge in [-0.05, 0) is 29.8 Å². The van der Waals surface area contributed by atoms with Crippen LogP contribution in [0, 0.1) is 0 Å². The van der Waals surface area contributed by atoms with Gasteiger partial charge in [0.15, 0.2) is 11.5 Å². The smallest absolute Gasteiger partial charge is 0.295 e. The van der Waals surface area contributed by atoms with Crippen LogP contribution in [0.3, 0.4) is 0 Å². The Hall–Kier alpha value is -4.34. The first kappa shape index (κ1) is 23.8. The summed E-state index contributed by atoms with van der Waals surface area (Å²) in [5.41, 5.74) is 0.923. The number of hydrogen-bond donors (Lipinski definition) is 2. The molecule has 1 saturated heterocycles. The highest BCUT2D eigenvalue weighted by Gasteiger charge is 2.46. The Bertz CT molecular complexity index is 1220. The van der Waals surface area contributed by atoms with Gasteiger partial charge in [0.25, 0.3) is 11.7 Å². The minimum absolute atomic E-state index is 0.00947. The number of methoxy groups -OCH3 is 3. The number of nitrogens with zero attached hydrogens (tertiary/aromatic N) is 3. The number of aromatic amines is 1. The van der Waals surface area contributed by atoms with Gasteiger partial charge >= 0.3 is 0 Å². The number of ether oxygens (including phenoxy) is 3. The van der Waals surface area contributed by atoms with Crippen molar-refractivity contribution in [1.29, 1.82) is 0 Å². The number of amides is 1. The molecule has 1 atom stereocenters. The number of likely N-dealkylation sites (tertiary alicyclic amines) is 1. The van der Waals surface area contributed by atoms with Crippen molar-refractivity contribution in [3.05, 3.63) is 72.1 Å². The number of rotatable bonds is 9. The van der Waals surface area contributed by atoms with Gasteiger partial charge in [-0.3, -0.25) is 19.6 Å². The molecule has 3 heterocycles. The molecule has 182 valence electrons. The number of Topliss-reactive ketones (excluding diaryl/α,β-unsaturated/α-hetero) is 1. The van der Waals surface area contributed by atoms with Crippen molar-refractivity contribution in [3.63, 3.8) is 0 Å². The minimum atomic E-state index is -0.854. The van der Waals surface area contributed by atoms with Gasteiger partial charge in [0.2, 0.25) is 12.1 Å². The highest BCUT2D eigenvalue weighted by atomic mass is 16.5. The number of benzene rings is 1. The first-order valence-corrected chi connectivity index (χ1v) is 11.0. The molecular weight excluding hydrogens is 452 g/mol. The van der Waals surface area contributed by atoms with E-state index in [1.807, 2.05) is 17.1 Å². The number of aliphatic hydroxyl groups excluding tert-OH is 1. The Morgan fingerprint density at radius 2 is 1.80 bits per heavy atom. The summed E-state index contributed by atoms with van der Waals surface area (Å²) in [6.07, 6.45) is 9.10. The van der Waals surface area contributed by atoms with Crippen molar-refractivity contribution < 1.29 is 33.5 Å². The molecular formula is C25H27N4O6+. The Balaban J connectivity index is 1.82. The Labute approximate surface area is 202 Å². The molecule has 2 aromatic heterocycles. The summed E-state index contributed by atoms with van der Waals surface area (Å²) in [6.45, 7) is 0.927. The number of hydrogen-bond acceptors (Lipinski definition) is 7. The third-order valence-corrected chi connectivity index (χ3v) is 5.91. The maximum absolute atomic E-state index is 13.2. The summed E-state index contributed by atoms with van der Waals surface area (Å²) in [5.74, 6) is -0.579. The Kier molecular flexibility index (Phi) is 7.00. The Morgan fingerprint density at radius 1 is 1.11 bits per heavy atom. The highest BCUT2D eigenvalue weighted by molar-refractivity contribution is 6.46. The summed E-state index contributed by atoms with van der Waals surface area (Å²) in [6, 6.07) is 5.68. The lowest BCUT2D eigenvalue weighted by atomic mass is 9.95. The fraction of sp³-hybridized carbons (Fsp3) is 0.280. The molecule has 3 aromatic rings. The van der Waals surface area contributed by atoms with Crippen molar-refractivity contribution in [2.45, 2.75) is 19.0 Å². The van der Waals surface area contributed by atoms with E-state index < -0.39 is 17.7 Å². The van der Waals surface area contributed by atoms with E-state index in [4.69, 9.17) is 14.2 Å². The van der Waals surface area contributed by atoms with E-state index in [-0.39, 0.29) is 17.9 Å².